The summed E-state index contributed by atoms with van der Waals surface area (Å²) in [6.07, 6.45) is 4.34. The van der Waals surface area contributed by atoms with Gasteiger partial charge in [-0.05, 0) is 74.6 Å². The van der Waals surface area contributed by atoms with Gasteiger partial charge in [0.15, 0.2) is 0 Å². The number of benzene rings is 1. The zero-order chi connectivity index (χ0) is 25.1. The third-order valence-corrected chi connectivity index (χ3v) is 9.33. The smallest absolute Gasteiger partial charge is 0.229 e. The van der Waals surface area contributed by atoms with Gasteiger partial charge in [0.1, 0.15) is 5.82 Å². The van der Waals surface area contributed by atoms with E-state index in [2.05, 4.69) is 53.0 Å². The summed E-state index contributed by atoms with van der Waals surface area (Å²) in [7, 11) is 0. The lowest BCUT2D eigenvalue weighted by Crippen LogP contribution is -2.63. The number of nitrogens with zero attached hydrogens (tertiary/aromatic N) is 3. The minimum atomic E-state index is -0.447. The van der Waals surface area contributed by atoms with Crippen LogP contribution < -0.4 is 10.2 Å². The number of amides is 1. The standard InChI is InChI=1S/C28H38N4O4/c1-18-10-21-14-29-25(30-26(34)22-13-28(22)4-8-35-9-5-28)12-20(21)11-23(18)32-7-6-31(15-19(32)2)27(3)17-36-16-24(27)33/h10-12,14,19,22,24,33H,4-9,13,15-17H2,1-3H3,(H,29,30,34)/t19-,22?,24-,27+/m0/s1. The summed E-state index contributed by atoms with van der Waals surface area (Å²) in [5.41, 5.74) is 2.27. The zero-order valence-electron chi connectivity index (χ0n) is 21.6. The molecule has 1 amide bonds. The molecule has 2 aromatic rings. The fraction of sp³-hybridized carbons (Fsp3) is 0.643. The molecule has 0 radical (unpaired) electrons. The van der Waals surface area contributed by atoms with Gasteiger partial charge in [-0.2, -0.15) is 0 Å². The number of pyridine rings is 1. The van der Waals surface area contributed by atoms with E-state index in [0.29, 0.717) is 25.1 Å². The first kappa shape index (κ1) is 24.1. The second-order valence-corrected chi connectivity index (χ2v) is 11.7. The number of fused-ring (bicyclic) bond motifs is 1. The first-order valence-electron chi connectivity index (χ1n) is 13.4. The number of piperazine rings is 1. The fourth-order valence-corrected chi connectivity index (χ4v) is 6.67. The van der Waals surface area contributed by atoms with Crippen LogP contribution >= 0.6 is 0 Å². The monoisotopic (exact) mass is 494 g/mol. The molecule has 4 fully saturated rings. The Morgan fingerprint density at radius 1 is 1.17 bits per heavy atom. The molecule has 1 spiro atoms. The fourth-order valence-electron chi connectivity index (χ4n) is 6.67. The number of aromatic nitrogens is 1. The number of hydrogen-bond acceptors (Lipinski definition) is 7. The minimum Gasteiger partial charge on any atom is -0.389 e. The predicted octanol–water partition coefficient (Wildman–Crippen LogP) is 2.96. The molecule has 8 heteroatoms. The molecule has 1 aliphatic carbocycles. The highest BCUT2D eigenvalue weighted by Gasteiger charge is 2.58. The average Bonchev–Trinajstić information content (AvgIpc) is 3.44. The number of anilines is 2. The van der Waals surface area contributed by atoms with Crippen molar-refractivity contribution in [3.05, 3.63) is 30.0 Å². The van der Waals surface area contributed by atoms with Crippen molar-refractivity contribution in [2.75, 3.05) is 56.3 Å². The van der Waals surface area contributed by atoms with E-state index < -0.39 is 6.10 Å². The molecule has 4 heterocycles. The summed E-state index contributed by atoms with van der Waals surface area (Å²) in [4.78, 5) is 22.4. The van der Waals surface area contributed by atoms with Gasteiger partial charge in [-0.15, -0.1) is 0 Å². The van der Waals surface area contributed by atoms with Gasteiger partial charge in [-0.3, -0.25) is 9.69 Å². The lowest BCUT2D eigenvalue weighted by Gasteiger charge is -2.48. The van der Waals surface area contributed by atoms with Gasteiger partial charge < -0.3 is 24.8 Å². The summed E-state index contributed by atoms with van der Waals surface area (Å²) in [5.74, 6) is 0.792. The lowest BCUT2D eigenvalue weighted by molar-refractivity contribution is -0.118. The van der Waals surface area contributed by atoms with Crippen LogP contribution in [0.4, 0.5) is 11.5 Å². The molecule has 1 aromatic carbocycles. The normalized spacial score (nSPS) is 32.2. The highest BCUT2D eigenvalue weighted by Crippen LogP contribution is 2.59. The number of ether oxygens (including phenoxy) is 2. The van der Waals surface area contributed by atoms with Crippen LogP contribution in [0, 0.1) is 18.3 Å². The van der Waals surface area contributed by atoms with Crippen LogP contribution in [0.1, 0.15) is 38.7 Å². The molecule has 6 rings (SSSR count). The van der Waals surface area contributed by atoms with Gasteiger partial charge in [-0.1, -0.05) is 0 Å². The maximum Gasteiger partial charge on any atom is 0.229 e. The molecule has 4 atom stereocenters. The van der Waals surface area contributed by atoms with Crippen molar-refractivity contribution in [3.8, 4) is 0 Å². The van der Waals surface area contributed by atoms with Crippen LogP contribution in [0.25, 0.3) is 10.8 Å². The van der Waals surface area contributed by atoms with E-state index in [1.54, 1.807) is 0 Å². The van der Waals surface area contributed by atoms with E-state index in [1.165, 1.54) is 11.3 Å². The van der Waals surface area contributed by atoms with Crippen LogP contribution in [-0.4, -0.2) is 84.6 Å². The second kappa shape index (κ2) is 8.94. The van der Waals surface area contributed by atoms with Crippen LogP contribution in [0.3, 0.4) is 0 Å². The average molecular weight is 495 g/mol. The molecule has 8 nitrogen and oxygen atoms in total. The van der Waals surface area contributed by atoms with Crippen molar-refractivity contribution >= 4 is 28.2 Å². The third-order valence-electron chi connectivity index (χ3n) is 9.33. The van der Waals surface area contributed by atoms with E-state index in [9.17, 15) is 9.90 Å². The van der Waals surface area contributed by atoms with Crippen LogP contribution in [0.5, 0.6) is 0 Å². The summed E-state index contributed by atoms with van der Waals surface area (Å²) < 4.78 is 11.1. The number of aliphatic hydroxyl groups is 1. The lowest BCUT2D eigenvalue weighted by atomic mass is 9.93. The third kappa shape index (κ3) is 4.08. The number of nitrogens with one attached hydrogen (secondary N) is 1. The molecular weight excluding hydrogens is 456 g/mol. The minimum absolute atomic E-state index is 0.0789. The van der Waals surface area contributed by atoms with Crippen molar-refractivity contribution in [2.24, 2.45) is 11.3 Å². The topological polar surface area (TPSA) is 87.2 Å². The molecule has 194 valence electrons. The van der Waals surface area contributed by atoms with E-state index in [1.807, 2.05) is 12.3 Å². The number of aryl methyl sites for hydroxylation is 1. The largest absolute Gasteiger partial charge is 0.389 e. The van der Waals surface area contributed by atoms with Crippen LogP contribution in [-0.2, 0) is 14.3 Å². The Morgan fingerprint density at radius 3 is 2.69 bits per heavy atom. The van der Waals surface area contributed by atoms with Crippen molar-refractivity contribution in [1.82, 2.24) is 9.88 Å². The Kier molecular flexibility index (Phi) is 5.98. The van der Waals surface area contributed by atoms with Gasteiger partial charge >= 0.3 is 0 Å². The summed E-state index contributed by atoms with van der Waals surface area (Å²) in [5, 5.41) is 15.8. The molecule has 2 N–H and O–H groups in total. The molecule has 0 bridgehead atoms. The number of rotatable bonds is 4. The van der Waals surface area contributed by atoms with E-state index in [4.69, 9.17) is 9.47 Å². The van der Waals surface area contributed by atoms with Crippen molar-refractivity contribution in [2.45, 2.75) is 57.7 Å². The van der Waals surface area contributed by atoms with Crippen molar-refractivity contribution in [3.63, 3.8) is 0 Å². The first-order valence-corrected chi connectivity index (χ1v) is 13.4. The Balaban J connectivity index is 1.18. The van der Waals surface area contributed by atoms with E-state index in [-0.39, 0.29) is 22.8 Å². The first-order chi connectivity index (χ1) is 17.3. The van der Waals surface area contributed by atoms with E-state index >= 15 is 0 Å². The zero-order valence-corrected chi connectivity index (χ0v) is 21.6. The van der Waals surface area contributed by atoms with Crippen molar-refractivity contribution < 1.29 is 19.4 Å². The number of aliphatic hydroxyl groups excluding tert-OH is 1. The molecule has 4 aliphatic rings. The van der Waals surface area contributed by atoms with Gasteiger partial charge in [0.25, 0.3) is 0 Å². The summed E-state index contributed by atoms with van der Waals surface area (Å²) in [6, 6.07) is 6.73. The van der Waals surface area contributed by atoms with Crippen molar-refractivity contribution in [1.29, 1.82) is 0 Å². The Hall–Kier alpha value is -2.26. The Morgan fingerprint density at radius 2 is 1.97 bits per heavy atom. The van der Waals surface area contributed by atoms with Gasteiger partial charge in [-0.25, -0.2) is 4.98 Å². The molecule has 1 saturated carbocycles. The highest BCUT2D eigenvalue weighted by molar-refractivity contribution is 5.97. The maximum absolute atomic E-state index is 13.0. The molecule has 3 aliphatic heterocycles. The predicted molar refractivity (Wildman–Crippen MR) is 139 cm³/mol. The quantitative estimate of drug-likeness (QED) is 0.676. The number of hydrogen-bond donors (Lipinski definition) is 2. The SMILES string of the molecule is Cc1cc2cnc(NC(=O)C3CC34CCOCC4)cc2cc1N1CCN([C@]2(C)COC[C@@H]2O)C[C@@H]1C. The summed E-state index contributed by atoms with van der Waals surface area (Å²) in [6.45, 7) is 11.7. The Labute approximate surface area is 212 Å². The van der Waals surface area contributed by atoms with Gasteiger partial charge in [0, 0.05) is 62.1 Å². The van der Waals surface area contributed by atoms with E-state index in [0.717, 1.165) is 62.9 Å². The second-order valence-electron chi connectivity index (χ2n) is 11.7. The molecule has 1 unspecified atom stereocenters. The van der Waals surface area contributed by atoms with Crippen LogP contribution in [0.2, 0.25) is 0 Å². The summed E-state index contributed by atoms with van der Waals surface area (Å²) >= 11 is 0. The Bertz CT molecular complexity index is 1170. The van der Waals surface area contributed by atoms with Gasteiger partial charge in [0.05, 0.1) is 24.9 Å². The van der Waals surface area contributed by atoms with Crippen LogP contribution in [0.15, 0.2) is 24.4 Å². The molecule has 36 heavy (non-hydrogen) atoms. The molecule has 1 aromatic heterocycles. The molecular formula is C28H38N4O4. The molecule has 3 saturated heterocycles. The maximum atomic E-state index is 13.0. The highest BCUT2D eigenvalue weighted by atomic mass is 16.5. The number of carbonyl (C=O) groups excluding carboxylic acids is 1. The van der Waals surface area contributed by atoms with Gasteiger partial charge in [0.2, 0.25) is 5.91 Å². The number of carbonyl (C=O) groups is 1.